The Kier molecular flexibility index (Phi) is 4.43. The van der Waals surface area contributed by atoms with E-state index in [1.807, 2.05) is 0 Å². The summed E-state index contributed by atoms with van der Waals surface area (Å²) in [5.41, 5.74) is 8.29. The average molecular weight is 352 g/mol. The van der Waals surface area contributed by atoms with Gasteiger partial charge in [0.25, 0.3) is 0 Å². The molecule has 0 heterocycles. The molecule has 2 aromatic rings. The molecule has 0 saturated carbocycles. The largest absolute Gasteiger partial charge is 0.417 e. The monoisotopic (exact) mass is 352 g/mol. The van der Waals surface area contributed by atoms with Crippen molar-refractivity contribution in [2.75, 3.05) is 11.5 Å². The molecule has 2 nitrogen and oxygen atoms in total. The molecular weight excluding hydrogens is 342 g/mol. The van der Waals surface area contributed by atoms with Crippen molar-refractivity contribution in [2.24, 2.45) is 0 Å². The van der Waals surface area contributed by atoms with E-state index in [0.29, 0.717) is 0 Å². The summed E-state index contributed by atoms with van der Waals surface area (Å²) in [6.45, 7) is 0. The van der Waals surface area contributed by atoms with E-state index < -0.39 is 33.3 Å². The third kappa shape index (κ3) is 3.66. The molecule has 0 unspecified atom stereocenters. The molecule has 0 spiro atoms. The number of nitrogen functional groups attached to an aromatic ring is 2. The molecule has 0 aliphatic rings. The number of alkyl halides is 6. The third-order valence-corrected chi connectivity index (χ3v) is 4.23. The zero-order chi connectivity index (χ0) is 17.4. The summed E-state index contributed by atoms with van der Waals surface area (Å²) in [4.78, 5) is -1.02. The van der Waals surface area contributed by atoms with E-state index in [0.717, 1.165) is 24.3 Å². The number of anilines is 2. The van der Waals surface area contributed by atoms with E-state index >= 15 is 0 Å². The smallest absolute Gasteiger partial charge is 0.398 e. The Morgan fingerprint density at radius 3 is 1.30 bits per heavy atom. The maximum Gasteiger partial charge on any atom is 0.417 e. The molecule has 0 amide bonds. The van der Waals surface area contributed by atoms with E-state index in [1.54, 1.807) is 0 Å². The number of benzene rings is 2. The van der Waals surface area contributed by atoms with Crippen LogP contribution >= 0.6 is 11.8 Å². The molecule has 0 aliphatic heterocycles. The van der Waals surface area contributed by atoms with Crippen molar-refractivity contribution in [3.8, 4) is 0 Å². The fourth-order valence-electron chi connectivity index (χ4n) is 1.89. The van der Waals surface area contributed by atoms with Crippen LogP contribution in [-0.4, -0.2) is 0 Å². The second-order valence-electron chi connectivity index (χ2n) is 4.55. The van der Waals surface area contributed by atoms with Crippen LogP contribution in [0.3, 0.4) is 0 Å². The van der Waals surface area contributed by atoms with Gasteiger partial charge in [-0.3, -0.25) is 0 Å². The first kappa shape index (κ1) is 17.3. The van der Waals surface area contributed by atoms with Gasteiger partial charge in [-0.25, -0.2) is 0 Å². The van der Waals surface area contributed by atoms with Gasteiger partial charge in [-0.05, 0) is 24.3 Å². The summed E-state index contributed by atoms with van der Waals surface area (Å²) in [5, 5.41) is 0. The van der Waals surface area contributed by atoms with E-state index in [2.05, 4.69) is 0 Å². The van der Waals surface area contributed by atoms with Gasteiger partial charge in [-0.15, -0.1) is 0 Å². The fraction of sp³-hybridized carbons (Fsp3) is 0.143. The second-order valence-corrected chi connectivity index (χ2v) is 5.57. The van der Waals surface area contributed by atoms with Gasteiger partial charge >= 0.3 is 12.4 Å². The lowest BCUT2D eigenvalue weighted by Gasteiger charge is -2.18. The van der Waals surface area contributed by atoms with Crippen molar-refractivity contribution < 1.29 is 26.3 Å². The van der Waals surface area contributed by atoms with Crippen LogP contribution in [0.25, 0.3) is 0 Å². The van der Waals surface area contributed by atoms with Crippen LogP contribution < -0.4 is 11.5 Å². The molecule has 0 fully saturated rings. The molecular formula is C14H10F6N2S. The molecule has 0 atom stereocenters. The predicted molar refractivity (Wildman–Crippen MR) is 75.8 cm³/mol. The third-order valence-electron chi connectivity index (χ3n) is 2.91. The number of hydrogen-bond acceptors (Lipinski definition) is 3. The van der Waals surface area contributed by atoms with Crippen LogP contribution in [0.15, 0.2) is 46.2 Å². The fourth-order valence-corrected chi connectivity index (χ4v) is 3.05. The summed E-state index contributed by atoms with van der Waals surface area (Å²) in [7, 11) is 0. The highest BCUT2D eigenvalue weighted by atomic mass is 32.2. The molecule has 9 heteroatoms. The normalized spacial score (nSPS) is 12.4. The highest BCUT2D eigenvalue weighted by Gasteiger charge is 2.37. The van der Waals surface area contributed by atoms with E-state index in [-0.39, 0.29) is 23.1 Å². The van der Waals surface area contributed by atoms with Crippen LogP contribution in [0.5, 0.6) is 0 Å². The van der Waals surface area contributed by atoms with Crippen molar-refractivity contribution in [1.82, 2.24) is 0 Å². The van der Waals surface area contributed by atoms with Gasteiger partial charge in [0.1, 0.15) is 0 Å². The highest BCUT2D eigenvalue weighted by Crippen LogP contribution is 2.47. The first-order valence-electron chi connectivity index (χ1n) is 6.11. The minimum Gasteiger partial charge on any atom is -0.398 e. The van der Waals surface area contributed by atoms with Gasteiger partial charge in [-0.2, -0.15) is 26.3 Å². The van der Waals surface area contributed by atoms with Gasteiger partial charge < -0.3 is 11.5 Å². The van der Waals surface area contributed by atoms with E-state index in [4.69, 9.17) is 11.5 Å². The minimum atomic E-state index is -4.75. The standard InChI is InChI=1S/C14H10F6N2S/c15-13(16,17)7-3-1-5-9(21)11(7)23-12-8(14(18,19)20)4-2-6-10(12)22/h1-6H,21-22H2. The Labute approximate surface area is 131 Å². The second kappa shape index (κ2) is 5.88. The van der Waals surface area contributed by atoms with Gasteiger partial charge in [0.05, 0.1) is 11.1 Å². The Hall–Kier alpha value is -2.03. The lowest BCUT2D eigenvalue weighted by molar-refractivity contribution is -0.140. The molecule has 0 saturated heterocycles. The van der Waals surface area contributed by atoms with E-state index in [1.165, 1.54) is 12.1 Å². The van der Waals surface area contributed by atoms with Gasteiger partial charge in [-0.1, -0.05) is 23.9 Å². The zero-order valence-corrected chi connectivity index (χ0v) is 12.1. The summed E-state index contributed by atoms with van der Waals surface area (Å²) < 4.78 is 78.3. The lowest BCUT2D eigenvalue weighted by atomic mass is 10.2. The number of rotatable bonds is 2. The Bertz CT molecular complexity index is 663. The Morgan fingerprint density at radius 1 is 0.652 bits per heavy atom. The lowest BCUT2D eigenvalue weighted by Crippen LogP contribution is -2.11. The van der Waals surface area contributed by atoms with Crippen molar-refractivity contribution in [3.05, 3.63) is 47.5 Å². The summed E-state index contributed by atoms with van der Waals surface area (Å²) in [6, 6.07) is 6.05. The summed E-state index contributed by atoms with van der Waals surface area (Å²) >= 11 is 0.258. The van der Waals surface area contributed by atoms with Crippen LogP contribution in [0.1, 0.15) is 11.1 Å². The SMILES string of the molecule is Nc1cccc(C(F)(F)F)c1Sc1c(N)cccc1C(F)(F)F. The number of hydrogen-bond donors (Lipinski definition) is 2. The van der Waals surface area contributed by atoms with Crippen LogP contribution in [0, 0.1) is 0 Å². The van der Waals surface area contributed by atoms with Gasteiger partial charge in [0.15, 0.2) is 0 Å². The Morgan fingerprint density at radius 2 is 1.00 bits per heavy atom. The molecule has 0 aromatic heterocycles. The summed E-state index contributed by atoms with van der Waals surface area (Å²) in [5.74, 6) is 0. The van der Waals surface area contributed by atoms with Crippen molar-refractivity contribution >= 4 is 23.1 Å². The quantitative estimate of drug-likeness (QED) is 0.588. The van der Waals surface area contributed by atoms with Crippen LogP contribution in [0.2, 0.25) is 0 Å². The zero-order valence-electron chi connectivity index (χ0n) is 11.3. The maximum absolute atomic E-state index is 13.0. The molecule has 23 heavy (non-hydrogen) atoms. The average Bonchev–Trinajstić information content (AvgIpc) is 2.40. The molecule has 4 N–H and O–H groups in total. The van der Waals surface area contributed by atoms with Crippen molar-refractivity contribution in [2.45, 2.75) is 22.1 Å². The first-order chi connectivity index (χ1) is 10.5. The van der Waals surface area contributed by atoms with Crippen molar-refractivity contribution in [1.29, 1.82) is 0 Å². The van der Waals surface area contributed by atoms with Crippen molar-refractivity contribution in [3.63, 3.8) is 0 Å². The van der Waals surface area contributed by atoms with Gasteiger partial charge in [0, 0.05) is 21.2 Å². The minimum absolute atomic E-state index is 0.258. The summed E-state index contributed by atoms with van der Waals surface area (Å²) in [6.07, 6.45) is -9.50. The van der Waals surface area contributed by atoms with Crippen LogP contribution in [0.4, 0.5) is 37.7 Å². The molecule has 124 valence electrons. The molecule has 0 aliphatic carbocycles. The predicted octanol–water partition coefficient (Wildman–Crippen LogP) is 5.04. The van der Waals surface area contributed by atoms with Gasteiger partial charge in [0.2, 0.25) is 0 Å². The van der Waals surface area contributed by atoms with Crippen LogP contribution in [-0.2, 0) is 12.4 Å². The molecule has 0 radical (unpaired) electrons. The molecule has 0 bridgehead atoms. The molecule has 2 aromatic carbocycles. The number of halogens is 6. The maximum atomic E-state index is 13.0. The highest BCUT2D eigenvalue weighted by molar-refractivity contribution is 7.99. The first-order valence-corrected chi connectivity index (χ1v) is 6.92. The Balaban J connectivity index is 2.62. The topological polar surface area (TPSA) is 52.0 Å². The number of nitrogens with two attached hydrogens (primary N) is 2. The molecule has 2 rings (SSSR count). The van der Waals surface area contributed by atoms with E-state index in [9.17, 15) is 26.3 Å².